The van der Waals surface area contributed by atoms with E-state index in [1.165, 1.54) is 6.42 Å². The molecule has 5 rings (SSSR count). The first-order valence-corrected chi connectivity index (χ1v) is 12.8. The van der Waals surface area contributed by atoms with Gasteiger partial charge in [0, 0.05) is 37.8 Å². The van der Waals surface area contributed by atoms with Crippen molar-refractivity contribution in [3.8, 4) is 0 Å². The first kappa shape index (κ1) is 22.2. The van der Waals surface area contributed by atoms with E-state index in [1.54, 1.807) is 4.90 Å². The van der Waals surface area contributed by atoms with E-state index >= 15 is 0 Å². The highest BCUT2D eigenvalue weighted by Gasteiger charge is 2.54. The molecule has 0 bridgehead atoms. The largest absolute Gasteiger partial charge is 0.342 e. The second-order valence-electron chi connectivity index (χ2n) is 10.2. The van der Waals surface area contributed by atoms with Crippen LogP contribution >= 0.6 is 0 Å². The molecule has 1 aromatic carbocycles. The molecule has 0 atom stereocenters. The van der Waals surface area contributed by atoms with Crippen molar-refractivity contribution in [1.29, 1.82) is 0 Å². The molecule has 3 aliphatic heterocycles. The number of likely N-dealkylation sites (tertiary alicyclic amines) is 2. The number of rotatable bonds is 4. The SMILES string of the molecule is O=C(CN1CN(c2ccccc2)C2(CCN(C(=O)C3CCCC3)CC2)C1=O)N1CCCCC1. The van der Waals surface area contributed by atoms with Crippen molar-refractivity contribution in [2.24, 2.45) is 5.92 Å². The molecule has 1 aromatic rings. The molecule has 3 amide bonds. The first-order valence-electron chi connectivity index (χ1n) is 12.8. The number of anilines is 1. The van der Waals surface area contributed by atoms with E-state index in [1.807, 2.05) is 40.1 Å². The maximum Gasteiger partial charge on any atom is 0.250 e. The molecule has 0 radical (unpaired) electrons. The van der Waals surface area contributed by atoms with E-state index in [2.05, 4.69) is 4.90 Å². The predicted molar refractivity (Wildman–Crippen MR) is 126 cm³/mol. The van der Waals surface area contributed by atoms with Gasteiger partial charge in [0.1, 0.15) is 12.1 Å². The molecule has 7 heteroatoms. The summed E-state index contributed by atoms with van der Waals surface area (Å²) in [7, 11) is 0. The minimum atomic E-state index is -0.671. The molecular formula is C26H36N4O3. The van der Waals surface area contributed by atoms with Crippen LogP contribution in [0, 0.1) is 5.92 Å². The Bertz CT molecular complexity index is 869. The van der Waals surface area contributed by atoms with Crippen LogP contribution in [0.5, 0.6) is 0 Å². The number of amides is 3. The summed E-state index contributed by atoms with van der Waals surface area (Å²) in [5, 5.41) is 0. The number of nitrogens with zero attached hydrogens (tertiary/aromatic N) is 4. The van der Waals surface area contributed by atoms with E-state index in [0.717, 1.165) is 57.3 Å². The minimum Gasteiger partial charge on any atom is -0.342 e. The summed E-state index contributed by atoms with van der Waals surface area (Å²) in [6.07, 6.45) is 8.80. The third kappa shape index (κ3) is 4.22. The Morgan fingerprint density at radius 3 is 2.18 bits per heavy atom. The smallest absolute Gasteiger partial charge is 0.250 e. The number of hydrogen-bond acceptors (Lipinski definition) is 4. The van der Waals surface area contributed by atoms with E-state index in [4.69, 9.17) is 0 Å². The van der Waals surface area contributed by atoms with Gasteiger partial charge in [0.2, 0.25) is 11.8 Å². The number of hydrogen-bond donors (Lipinski definition) is 0. The van der Waals surface area contributed by atoms with Crippen LogP contribution in [0.3, 0.4) is 0 Å². The monoisotopic (exact) mass is 452 g/mol. The lowest BCUT2D eigenvalue weighted by Crippen LogP contribution is -2.58. The fraction of sp³-hybridized carbons (Fsp3) is 0.654. The Balaban J connectivity index is 1.33. The Hall–Kier alpha value is -2.57. The second kappa shape index (κ2) is 9.35. The van der Waals surface area contributed by atoms with Crippen LogP contribution < -0.4 is 4.90 Å². The topological polar surface area (TPSA) is 64.2 Å². The molecule has 1 aliphatic carbocycles. The number of benzene rings is 1. The molecule has 4 fully saturated rings. The fourth-order valence-electron chi connectivity index (χ4n) is 6.26. The molecule has 1 saturated carbocycles. The molecule has 1 spiro atoms. The molecule has 4 aliphatic rings. The first-order chi connectivity index (χ1) is 16.1. The summed E-state index contributed by atoms with van der Waals surface area (Å²) < 4.78 is 0. The van der Waals surface area contributed by atoms with Crippen LogP contribution in [-0.4, -0.2) is 77.4 Å². The zero-order valence-electron chi connectivity index (χ0n) is 19.6. The third-order valence-corrected chi connectivity index (χ3v) is 8.22. The van der Waals surface area contributed by atoms with Gasteiger partial charge in [0.15, 0.2) is 0 Å². The van der Waals surface area contributed by atoms with Gasteiger partial charge in [-0.05, 0) is 57.1 Å². The van der Waals surface area contributed by atoms with Crippen molar-refractivity contribution < 1.29 is 14.4 Å². The molecule has 0 unspecified atom stereocenters. The highest BCUT2D eigenvalue weighted by atomic mass is 16.2. The van der Waals surface area contributed by atoms with Crippen LogP contribution in [-0.2, 0) is 14.4 Å². The molecule has 33 heavy (non-hydrogen) atoms. The summed E-state index contributed by atoms with van der Waals surface area (Å²) in [6, 6.07) is 10.1. The second-order valence-corrected chi connectivity index (χ2v) is 10.2. The third-order valence-electron chi connectivity index (χ3n) is 8.22. The zero-order valence-corrected chi connectivity index (χ0v) is 19.6. The molecule has 3 saturated heterocycles. The van der Waals surface area contributed by atoms with Gasteiger partial charge in [0.25, 0.3) is 5.91 Å². The summed E-state index contributed by atoms with van der Waals surface area (Å²) in [5.41, 5.74) is 0.338. The Morgan fingerprint density at radius 2 is 1.52 bits per heavy atom. The van der Waals surface area contributed by atoms with Crippen LogP contribution in [0.4, 0.5) is 5.69 Å². The van der Waals surface area contributed by atoms with Crippen molar-refractivity contribution in [1.82, 2.24) is 14.7 Å². The van der Waals surface area contributed by atoms with E-state index < -0.39 is 5.54 Å². The Morgan fingerprint density at radius 1 is 0.848 bits per heavy atom. The molecule has 7 nitrogen and oxygen atoms in total. The van der Waals surface area contributed by atoms with Gasteiger partial charge in [0.05, 0.1) is 6.67 Å². The van der Waals surface area contributed by atoms with Gasteiger partial charge in [-0.25, -0.2) is 0 Å². The van der Waals surface area contributed by atoms with Crippen LogP contribution in [0.15, 0.2) is 30.3 Å². The van der Waals surface area contributed by atoms with E-state index in [0.29, 0.717) is 32.6 Å². The molecule has 178 valence electrons. The average Bonchev–Trinajstić information content (AvgIpc) is 3.49. The number of carbonyl (C=O) groups excluding carboxylic acids is 3. The summed E-state index contributed by atoms with van der Waals surface area (Å²) in [6.45, 7) is 3.39. The average molecular weight is 453 g/mol. The lowest BCUT2D eigenvalue weighted by Gasteiger charge is -2.43. The lowest BCUT2D eigenvalue weighted by molar-refractivity contribution is -0.143. The number of piperidine rings is 2. The molecule has 0 aromatic heterocycles. The molecular weight excluding hydrogens is 416 g/mol. The van der Waals surface area contributed by atoms with Gasteiger partial charge in [-0.2, -0.15) is 0 Å². The summed E-state index contributed by atoms with van der Waals surface area (Å²) in [5.74, 6) is 0.546. The van der Waals surface area contributed by atoms with Crippen molar-refractivity contribution in [3.05, 3.63) is 30.3 Å². The quantitative estimate of drug-likeness (QED) is 0.705. The van der Waals surface area contributed by atoms with Crippen LogP contribution in [0.1, 0.15) is 57.8 Å². The van der Waals surface area contributed by atoms with Gasteiger partial charge >= 0.3 is 0 Å². The van der Waals surface area contributed by atoms with Crippen LogP contribution in [0.25, 0.3) is 0 Å². The highest BCUT2D eigenvalue weighted by Crippen LogP contribution is 2.40. The van der Waals surface area contributed by atoms with Crippen molar-refractivity contribution >= 4 is 23.4 Å². The Kier molecular flexibility index (Phi) is 6.30. The van der Waals surface area contributed by atoms with Gasteiger partial charge in [-0.15, -0.1) is 0 Å². The van der Waals surface area contributed by atoms with Crippen molar-refractivity contribution in [3.63, 3.8) is 0 Å². The number of para-hydroxylation sites is 1. The van der Waals surface area contributed by atoms with Crippen molar-refractivity contribution in [2.75, 3.05) is 44.3 Å². The zero-order chi connectivity index (χ0) is 22.8. The fourth-order valence-corrected chi connectivity index (χ4v) is 6.26. The van der Waals surface area contributed by atoms with Crippen molar-refractivity contribution in [2.45, 2.75) is 63.3 Å². The molecule has 0 N–H and O–H groups in total. The maximum atomic E-state index is 13.8. The maximum absolute atomic E-state index is 13.8. The lowest BCUT2D eigenvalue weighted by atomic mass is 9.85. The summed E-state index contributed by atoms with van der Waals surface area (Å²) in [4.78, 5) is 47.6. The predicted octanol–water partition coefficient (Wildman–Crippen LogP) is 2.86. The Labute approximate surface area is 196 Å². The van der Waals surface area contributed by atoms with E-state index in [-0.39, 0.29) is 30.2 Å². The van der Waals surface area contributed by atoms with Gasteiger partial charge < -0.3 is 19.6 Å². The van der Waals surface area contributed by atoms with E-state index in [9.17, 15) is 14.4 Å². The molecule has 3 heterocycles. The standard InChI is InChI=1S/C26H36N4O3/c31-23(27-15-7-2-8-16-27)19-29-20-30(22-11-3-1-4-12-22)26(25(29)33)13-17-28(18-14-26)24(32)21-9-5-6-10-21/h1,3-4,11-12,21H,2,5-10,13-20H2. The minimum absolute atomic E-state index is 0.0460. The van der Waals surface area contributed by atoms with Gasteiger partial charge in [-0.1, -0.05) is 31.0 Å². The van der Waals surface area contributed by atoms with Gasteiger partial charge in [-0.3, -0.25) is 14.4 Å². The highest BCUT2D eigenvalue weighted by molar-refractivity contribution is 5.96. The normalized spacial score (nSPS) is 23.6. The summed E-state index contributed by atoms with van der Waals surface area (Å²) >= 11 is 0. The van der Waals surface area contributed by atoms with Crippen LogP contribution in [0.2, 0.25) is 0 Å². The number of carbonyl (C=O) groups is 3.